The van der Waals surface area contributed by atoms with E-state index in [0.717, 1.165) is 48.1 Å². The Bertz CT molecular complexity index is 1270. The van der Waals surface area contributed by atoms with Crippen LogP contribution in [0.15, 0.2) is 60.7 Å². The number of carbonyl (C=O) groups is 3. The molecule has 7 heteroatoms. The molecule has 1 aliphatic heterocycles. The molecule has 1 heterocycles. The number of likely N-dealkylation sites (tertiary alicyclic amines) is 1. The van der Waals surface area contributed by atoms with Crippen LogP contribution in [0.1, 0.15) is 67.3 Å². The molecule has 0 saturated carbocycles. The second-order valence-corrected chi connectivity index (χ2v) is 11.2. The number of hydrogen-bond donors (Lipinski definition) is 2. The van der Waals surface area contributed by atoms with Gasteiger partial charge in [0, 0.05) is 30.8 Å². The first-order chi connectivity index (χ1) is 20.5. The Morgan fingerprint density at radius 2 is 1.67 bits per heavy atom. The third kappa shape index (κ3) is 14.5. The first-order valence-electron chi connectivity index (χ1n) is 15.0. The highest BCUT2D eigenvalue weighted by Crippen LogP contribution is 2.24. The average molecular weight is 609 g/mol. The van der Waals surface area contributed by atoms with Crippen molar-refractivity contribution >= 4 is 29.8 Å². The van der Waals surface area contributed by atoms with Crippen molar-refractivity contribution in [3.05, 3.63) is 93.5 Å². The second-order valence-electron chi connectivity index (χ2n) is 10.8. The Balaban J connectivity index is 0.000000326. The molecule has 6 nitrogen and oxygen atoms in total. The zero-order chi connectivity index (χ0) is 32.4. The van der Waals surface area contributed by atoms with Crippen LogP contribution < -0.4 is 5.73 Å². The van der Waals surface area contributed by atoms with Gasteiger partial charge in [-0.3, -0.25) is 9.59 Å². The Hall–Kier alpha value is -3.48. The lowest BCUT2D eigenvalue weighted by Gasteiger charge is -2.28. The molecule has 1 amide bonds. The molecule has 3 aromatic rings. The molecule has 0 aromatic heterocycles. The third-order valence-corrected chi connectivity index (χ3v) is 7.44. The predicted octanol–water partition coefficient (Wildman–Crippen LogP) is 7.61. The number of carboxylic acid groups (broad SMARTS) is 1. The molecular formula is C36H49ClN2O4. The van der Waals surface area contributed by atoms with Crippen molar-refractivity contribution in [1.29, 1.82) is 0 Å². The number of piperidine rings is 1. The first-order valence-corrected chi connectivity index (χ1v) is 15.4. The normalized spacial score (nSPS) is 14.1. The van der Waals surface area contributed by atoms with E-state index in [2.05, 4.69) is 43.1 Å². The maximum Gasteiger partial charge on any atom is 0.303 e. The minimum Gasteiger partial charge on any atom is -0.481 e. The zero-order valence-electron chi connectivity index (χ0n) is 26.7. The molecule has 4 rings (SSSR count). The molecule has 234 valence electrons. The van der Waals surface area contributed by atoms with Gasteiger partial charge in [0.2, 0.25) is 5.91 Å². The SMILES string of the molecule is CC.CN1CCCC(CC(N)=O)C1.Cc1cc(C)c(CC=O)c(Cl)c1.Cc1ccccc1-c1ccc(CCC(=O)O)cc1. The topological polar surface area (TPSA) is 101 Å². The first kappa shape index (κ1) is 37.5. The van der Waals surface area contributed by atoms with Crippen LogP contribution >= 0.6 is 11.6 Å². The maximum atomic E-state index is 10.6. The fourth-order valence-electron chi connectivity index (χ4n) is 5.01. The number of aliphatic carboxylic acids is 1. The molecule has 0 spiro atoms. The number of rotatable bonds is 8. The third-order valence-electron chi connectivity index (χ3n) is 7.10. The Morgan fingerprint density at radius 3 is 2.21 bits per heavy atom. The van der Waals surface area contributed by atoms with Crippen LogP contribution in [0.4, 0.5) is 0 Å². The number of aldehydes is 1. The Kier molecular flexibility index (Phi) is 17.8. The van der Waals surface area contributed by atoms with Crippen LogP contribution in [0.2, 0.25) is 5.02 Å². The minimum absolute atomic E-state index is 0.162. The summed E-state index contributed by atoms with van der Waals surface area (Å²) >= 11 is 5.95. The molecule has 1 atom stereocenters. The second kappa shape index (κ2) is 20.4. The van der Waals surface area contributed by atoms with Gasteiger partial charge in [-0.15, -0.1) is 0 Å². The summed E-state index contributed by atoms with van der Waals surface area (Å²) in [5.74, 6) is -0.408. The number of carbonyl (C=O) groups excluding carboxylic acids is 2. The van der Waals surface area contributed by atoms with Crippen LogP contribution in [0.25, 0.3) is 11.1 Å². The largest absolute Gasteiger partial charge is 0.481 e. The quantitative estimate of drug-likeness (QED) is 0.256. The van der Waals surface area contributed by atoms with Gasteiger partial charge in [-0.1, -0.05) is 80.0 Å². The number of amides is 1. The van der Waals surface area contributed by atoms with Gasteiger partial charge < -0.3 is 20.5 Å². The number of halogens is 1. The van der Waals surface area contributed by atoms with E-state index in [0.29, 0.717) is 30.2 Å². The van der Waals surface area contributed by atoms with E-state index in [1.165, 1.54) is 23.1 Å². The molecule has 3 aromatic carbocycles. The van der Waals surface area contributed by atoms with E-state index in [4.69, 9.17) is 22.4 Å². The van der Waals surface area contributed by atoms with Crippen molar-refractivity contribution in [3.8, 4) is 11.1 Å². The highest BCUT2D eigenvalue weighted by Gasteiger charge is 2.18. The van der Waals surface area contributed by atoms with Crippen LogP contribution in [0.5, 0.6) is 0 Å². The molecule has 1 unspecified atom stereocenters. The number of hydrogen-bond acceptors (Lipinski definition) is 4. The van der Waals surface area contributed by atoms with Gasteiger partial charge in [-0.05, 0) is 105 Å². The predicted molar refractivity (Wildman–Crippen MR) is 179 cm³/mol. The summed E-state index contributed by atoms with van der Waals surface area (Å²) in [6.07, 6.45) is 4.98. The molecule has 1 aliphatic rings. The van der Waals surface area contributed by atoms with Crippen LogP contribution in [-0.2, 0) is 27.2 Å². The van der Waals surface area contributed by atoms with Crippen molar-refractivity contribution in [2.24, 2.45) is 11.7 Å². The molecule has 0 bridgehead atoms. The lowest BCUT2D eigenvalue weighted by molar-refractivity contribution is -0.137. The van der Waals surface area contributed by atoms with Gasteiger partial charge in [0.15, 0.2) is 0 Å². The van der Waals surface area contributed by atoms with Crippen LogP contribution in [0.3, 0.4) is 0 Å². The summed E-state index contributed by atoms with van der Waals surface area (Å²) in [4.78, 5) is 33.6. The van der Waals surface area contributed by atoms with E-state index in [1.807, 2.05) is 64.1 Å². The number of primary amides is 1. The standard InChI is InChI=1S/C16H16O2.C10H11ClO.C8H16N2O.C2H6/c1-12-4-2-3-5-15(12)14-9-6-13(7-10-14)8-11-16(17)18;1-7-5-8(2)9(3-4-12)10(11)6-7;1-10-4-2-3-7(6-10)5-8(9)11;1-2/h2-7,9-10H,8,11H2,1H3,(H,17,18);4-6H,3H2,1-2H3;7H,2-6H2,1H3,(H2,9,11);1-2H3. The number of nitrogens with zero attached hydrogens (tertiary/aromatic N) is 1. The highest BCUT2D eigenvalue weighted by molar-refractivity contribution is 6.31. The van der Waals surface area contributed by atoms with Crippen molar-refractivity contribution in [1.82, 2.24) is 4.90 Å². The summed E-state index contributed by atoms with van der Waals surface area (Å²) in [6, 6.07) is 20.3. The highest BCUT2D eigenvalue weighted by atomic mass is 35.5. The number of carboxylic acids is 1. The van der Waals surface area contributed by atoms with Crippen molar-refractivity contribution in [2.45, 2.75) is 73.1 Å². The van der Waals surface area contributed by atoms with Gasteiger partial charge in [0.25, 0.3) is 0 Å². The zero-order valence-corrected chi connectivity index (χ0v) is 27.4. The monoisotopic (exact) mass is 608 g/mol. The Morgan fingerprint density at radius 1 is 1.02 bits per heavy atom. The summed E-state index contributed by atoms with van der Waals surface area (Å²) < 4.78 is 0. The molecule has 0 radical (unpaired) electrons. The van der Waals surface area contributed by atoms with E-state index in [-0.39, 0.29) is 12.3 Å². The van der Waals surface area contributed by atoms with E-state index < -0.39 is 5.97 Å². The molecule has 3 N–H and O–H groups in total. The molecule has 43 heavy (non-hydrogen) atoms. The number of nitrogens with two attached hydrogens (primary N) is 1. The van der Waals surface area contributed by atoms with Crippen LogP contribution in [0, 0.1) is 26.7 Å². The van der Waals surface area contributed by atoms with E-state index in [9.17, 15) is 14.4 Å². The van der Waals surface area contributed by atoms with Crippen molar-refractivity contribution < 1.29 is 19.5 Å². The summed E-state index contributed by atoms with van der Waals surface area (Å²) in [5, 5.41) is 9.34. The molecule has 1 fully saturated rings. The molecular weight excluding hydrogens is 560 g/mol. The van der Waals surface area contributed by atoms with Gasteiger partial charge >= 0.3 is 5.97 Å². The summed E-state index contributed by atoms with van der Waals surface area (Å²) in [7, 11) is 2.09. The van der Waals surface area contributed by atoms with Gasteiger partial charge in [-0.25, -0.2) is 0 Å². The minimum atomic E-state index is -0.752. The van der Waals surface area contributed by atoms with E-state index in [1.54, 1.807) is 0 Å². The lowest BCUT2D eigenvalue weighted by atomic mass is 9.95. The lowest BCUT2D eigenvalue weighted by Crippen LogP contribution is -2.34. The summed E-state index contributed by atoms with van der Waals surface area (Å²) in [6.45, 7) is 12.2. The molecule has 0 aliphatic carbocycles. The van der Waals surface area contributed by atoms with Crippen molar-refractivity contribution in [3.63, 3.8) is 0 Å². The smallest absolute Gasteiger partial charge is 0.303 e. The van der Waals surface area contributed by atoms with Crippen molar-refractivity contribution in [2.75, 3.05) is 20.1 Å². The van der Waals surface area contributed by atoms with Gasteiger partial charge in [-0.2, -0.15) is 0 Å². The fourth-order valence-corrected chi connectivity index (χ4v) is 5.41. The maximum absolute atomic E-state index is 10.6. The van der Waals surface area contributed by atoms with E-state index >= 15 is 0 Å². The Labute approximate surface area is 263 Å². The average Bonchev–Trinajstić information content (AvgIpc) is 2.96. The van der Waals surface area contributed by atoms with Crippen LogP contribution in [-0.4, -0.2) is 48.3 Å². The van der Waals surface area contributed by atoms with Gasteiger partial charge in [0.1, 0.15) is 6.29 Å². The number of benzene rings is 3. The number of aryl methyl sites for hydroxylation is 4. The van der Waals surface area contributed by atoms with Gasteiger partial charge in [0.05, 0.1) is 0 Å². The fraction of sp³-hybridized carbons (Fsp3) is 0.417. The molecule has 1 saturated heterocycles. The summed E-state index contributed by atoms with van der Waals surface area (Å²) in [5.41, 5.74) is 13.0.